The summed E-state index contributed by atoms with van der Waals surface area (Å²) in [6.45, 7) is 6.01. The third-order valence-electron chi connectivity index (χ3n) is 2.71. The van der Waals surface area contributed by atoms with Crippen molar-refractivity contribution in [2.45, 2.75) is 64.3 Å². The minimum Gasteiger partial charge on any atom is -0.438 e. The van der Waals surface area contributed by atoms with Crippen LogP contribution in [0.25, 0.3) is 0 Å². The Morgan fingerprint density at radius 2 is 2.00 bits per heavy atom. The van der Waals surface area contributed by atoms with E-state index < -0.39 is 6.16 Å². The van der Waals surface area contributed by atoms with Gasteiger partial charge < -0.3 is 14.2 Å². The quantitative estimate of drug-likeness (QED) is 0.560. The minimum atomic E-state index is -0.660. The van der Waals surface area contributed by atoms with Gasteiger partial charge in [-0.15, -0.1) is 0 Å². The molecule has 1 rings (SSSR count). The van der Waals surface area contributed by atoms with Gasteiger partial charge in [-0.05, 0) is 46.1 Å². The molecule has 0 heterocycles. The van der Waals surface area contributed by atoms with E-state index in [1.54, 1.807) is 0 Å². The van der Waals surface area contributed by atoms with Crippen molar-refractivity contribution in [1.29, 1.82) is 0 Å². The maximum atomic E-state index is 11.3. The van der Waals surface area contributed by atoms with E-state index in [-0.39, 0.29) is 17.8 Å². The molecule has 0 aromatic carbocycles. The summed E-state index contributed by atoms with van der Waals surface area (Å²) in [6, 6.07) is 0. The molecule has 4 heteroatoms. The summed E-state index contributed by atoms with van der Waals surface area (Å²) in [5, 5.41) is 0. The van der Waals surface area contributed by atoms with Gasteiger partial charge in [0.15, 0.2) is 0 Å². The van der Waals surface area contributed by atoms with Crippen molar-refractivity contribution in [1.82, 2.24) is 0 Å². The maximum Gasteiger partial charge on any atom is 0.508 e. The molecule has 0 amide bonds. The fraction of sp³-hybridized carbons (Fsp3) is 0.786. The molecule has 0 saturated carbocycles. The van der Waals surface area contributed by atoms with Crippen LogP contribution in [0.5, 0.6) is 0 Å². The Morgan fingerprint density at radius 3 is 2.61 bits per heavy atom. The summed E-state index contributed by atoms with van der Waals surface area (Å²) in [6.07, 6.45) is 6.95. The number of methoxy groups -OCH3 is 1. The maximum absolute atomic E-state index is 11.3. The van der Waals surface area contributed by atoms with Gasteiger partial charge in [0.1, 0.15) is 6.10 Å². The molecular formula is C14H24O4. The van der Waals surface area contributed by atoms with Gasteiger partial charge in [0.2, 0.25) is 0 Å². The molecule has 4 nitrogen and oxygen atoms in total. The van der Waals surface area contributed by atoms with Gasteiger partial charge in [0, 0.05) is 0 Å². The zero-order valence-electron chi connectivity index (χ0n) is 11.8. The van der Waals surface area contributed by atoms with Crippen LogP contribution in [0.2, 0.25) is 0 Å². The Kier molecular flexibility index (Phi) is 5.66. The van der Waals surface area contributed by atoms with E-state index in [4.69, 9.17) is 9.47 Å². The standard InChI is InChI=1S/C14H24O4/c1-14(2,3)18-12-10-8-6-5-7-9-11(12)17-13(15)16-4/h7,9,11-12H,5-6,8,10H2,1-4H3/b9-7+. The summed E-state index contributed by atoms with van der Waals surface area (Å²) >= 11 is 0. The SMILES string of the molecule is COC(=O)OC1/C=C/CCCCC1OC(C)(C)C. The Bertz CT molecular complexity index is 291. The molecule has 0 radical (unpaired) electrons. The van der Waals surface area contributed by atoms with E-state index in [2.05, 4.69) is 4.74 Å². The predicted octanol–water partition coefficient (Wildman–Crippen LogP) is 3.45. The number of carbonyl (C=O) groups excluding carboxylic acids is 1. The Labute approximate surface area is 109 Å². The molecule has 0 fully saturated rings. The van der Waals surface area contributed by atoms with E-state index in [1.807, 2.05) is 32.9 Å². The van der Waals surface area contributed by atoms with Crippen LogP contribution in [0.4, 0.5) is 4.79 Å². The number of carbonyl (C=O) groups is 1. The second-order valence-electron chi connectivity index (χ2n) is 5.52. The van der Waals surface area contributed by atoms with Crippen LogP contribution < -0.4 is 0 Å². The highest BCUT2D eigenvalue weighted by Gasteiger charge is 2.28. The fourth-order valence-corrected chi connectivity index (χ4v) is 1.98. The van der Waals surface area contributed by atoms with Crippen molar-refractivity contribution in [3.05, 3.63) is 12.2 Å². The predicted molar refractivity (Wildman–Crippen MR) is 69.5 cm³/mol. The van der Waals surface area contributed by atoms with E-state index >= 15 is 0 Å². The monoisotopic (exact) mass is 256 g/mol. The highest BCUT2D eigenvalue weighted by molar-refractivity contribution is 5.60. The first kappa shape index (κ1) is 15.0. The minimum absolute atomic E-state index is 0.111. The molecule has 0 N–H and O–H groups in total. The molecule has 0 bridgehead atoms. The van der Waals surface area contributed by atoms with Crippen LogP contribution in [0.3, 0.4) is 0 Å². The smallest absolute Gasteiger partial charge is 0.438 e. The van der Waals surface area contributed by atoms with Crippen molar-refractivity contribution >= 4 is 6.16 Å². The molecule has 0 aliphatic heterocycles. The average Bonchev–Trinajstić information content (AvgIpc) is 2.25. The van der Waals surface area contributed by atoms with Crippen LogP contribution >= 0.6 is 0 Å². The van der Waals surface area contributed by atoms with Gasteiger partial charge in [0.25, 0.3) is 0 Å². The normalized spacial score (nSPS) is 26.9. The molecule has 0 spiro atoms. The summed E-state index contributed by atoms with van der Waals surface area (Å²) in [5.74, 6) is 0. The molecule has 0 aromatic heterocycles. The van der Waals surface area contributed by atoms with Crippen molar-refractivity contribution < 1.29 is 19.0 Å². The van der Waals surface area contributed by atoms with Gasteiger partial charge >= 0.3 is 6.16 Å². The van der Waals surface area contributed by atoms with Crippen molar-refractivity contribution in [2.24, 2.45) is 0 Å². The lowest BCUT2D eigenvalue weighted by atomic mass is 10.00. The lowest BCUT2D eigenvalue weighted by Gasteiger charge is -2.32. The van der Waals surface area contributed by atoms with Crippen LogP contribution in [-0.2, 0) is 14.2 Å². The van der Waals surface area contributed by atoms with Crippen LogP contribution in [0.1, 0.15) is 46.5 Å². The number of hydrogen-bond donors (Lipinski definition) is 0. The zero-order valence-corrected chi connectivity index (χ0v) is 11.8. The zero-order chi connectivity index (χ0) is 13.6. The lowest BCUT2D eigenvalue weighted by molar-refractivity contribution is -0.110. The Hall–Kier alpha value is -1.03. The lowest BCUT2D eigenvalue weighted by Crippen LogP contribution is -2.38. The molecule has 2 atom stereocenters. The first-order valence-corrected chi connectivity index (χ1v) is 6.51. The first-order chi connectivity index (χ1) is 8.42. The van der Waals surface area contributed by atoms with Crippen LogP contribution in [0.15, 0.2) is 12.2 Å². The third kappa shape index (κ3) is 5.54. The Morgan fingerprint density at radius 1 is 1.28 bits per heavy atom. The van der Waals surface area contributed by atoms with Gasteiger partial charge in [-0.1, -0.05) is 12.5 Å². The van der Waals surface area contributed by atoms with Crippen LogP contribution in [-0.4, -0.2) is 31.1 Å². The number of allylic oxidation sites excluding steroid dienone is 1. The third-order valence-corrected chi connectivity index (χ3v) is 2.71. The van der Waals surface area contributed by atoms with Gasteiger partial charge in [-0.25, -0.2) is 4.79 Å². The molecule has 1 aliphatic rings. The molecular weight excluding hydrogens is 232 g/mol. The molecule has 104 valence electrons. The number of rotatable bonds is 2. The first-order valence-electron chi connectivity index (χ1n) is 6.51. The molecule has 18 heavy (non-hydrogen) atoms. The molecule has 0 saturated heterocycles. The number of ether oxygens (including phenoxy) is 3. The van der Waals surface area contributed by atoms with Gasteiger partial charge in [-0.3, -0.25) is 0 Å². The van der Waals surface area contributed by atoms with Crippen molar-refractivity contribution in [3.8, 4) is 0 Å². The molecule has 0 aromatic rings. The summed E-state index contributed by atoms with van der Waals surface area (Å²) in [7, 11) is 1.31. The fourth-order valence-electron chi connectivity index (χ4n) is 1.98. The molecule has 2 unspecified atom stereocenters. The van der Waals surface area contributed by atoms with E-state index in [0.717, 1.165) is 25.7 Å². The van der Waals surface area contributed by atoms with E-state index in [9.17, 15) is 4.79 Å². The van der Waals surface area contributed by atoms with Crippen LogP contribution in [0, 0.1) is 0 Å². The Balaban J connectivity index is 2.73. The average molecular weight is 256 g/mol. The number of hydrogen-bond acceptors (Lipinski definition) is 4. The summed E-state index contributed by atoms with van der Waals surface area (Å²) in [5.41, 5.74) is -0.255. The molecule has 1 aliphatic carbocycles. The summed E-state index contributed by atoms with van der Waals surface area (Å²) in [4.78, 5) is 11.3. The van der Waals surface area contributed by atoms with Crippen molar-refractivity contribution in [2.75, 3.05) is 7.11 Å². The topological polar surface area (TPSA) is 44.8 Å². The second kappa shape index (κ2) is 6.78. The second-order valence-corrected chi connectivity index (χ2v) is 5.52. The highest BCUT2D eigenvalue weighted by Crippen LogP contribution is 2.23. The van der Waals surface area contributed by atoms with Crippen molar-refractivity contribution in [3.63, 3.8) is 0 Å². The highest BCUT2D eigenvalue weighted by atomic mass is 16.7. The van der Waals surface area contributed by atoms with Gasteiger partial charge in [0.05, 0.1) is 18.8 Å². The van der Waals surface area contributed by atoms with E-state index in [1.165, 1.54) is 7.11 Å². The van der Waals surface area contributed by atoms with Gasteiger partial charge in [-0.2, -0.15) is 0 Å². The van der Waals surface area contributed by atoms with E-state index in [0.29, 0.717) is 0 Å². The summed E-state index contributed by atoms with van der Waals surface area (Å²) < 4.78 is 15.8. The largest absolute Gasteiger partial charge is 0.508 e.